The van der Waals surface area contributed by atoms with Crippen molar-refractivity contribution in [3.8, 4) is 0 Å². The standard InChI is InChI=1S/C13H13Br2NS/c1-8-3-4-10(14)11(7-8)16-9(2)12-5-6-13(15)17-12/h3-7,9,16H,1-2H3. The summed E-state index contributed by atoms with van der Waals surface area (Å²) in [5.74, 6) is 0. The number of rotatable bonds is 3. The van der Waals surface area contributed by atoms with Gasteiger partial charge in [0.05, 0.1) is 9.83 Å². The summed E-state index contributed by atoms with van der Waals surface area (Å²) in [6.45, 7) is 4.27. The van der Waals surface area contributed by atoms with Gasteiger partial charge >= 0.3 is 0 Å². The van der Waals surface area contributed by atoms with Crippen LogP contribution in [0.4, 0.5) is 5.69 Å². The molecule has 1 atom stereocenters. The van der Waals surface area contributed by atoms with E-state index in [1.165, 1.54) is 14.2 Å². The van der Waals surface area contributed by atoms with E-state index in [9.17, 15) is 0 Å². The van der Waals surface area contributed by atoms with E-state index >= 15 is 0 Å². The molecule has 0 aliphatic rings. The molecule has 1 unspecified atom stereocenters. The molecule has 1 nitrogen and oxygen atoms in total. The molecular formula is C13H13Br2NS. The molecule has 0 saturated carbocycles. The van der Waals surface area contributed by atoms with Crippen molar-refractivity contribution in [2.24, 2.45) is 0 Å². The first-order valence-corrected chi connectivity index (χ1v) is 7.74. The highest BCUT2D eigenvalue weighted by Crippen LogP contribution is 2.31. The summed E-state index contributed by atoms with van der Waals surface area (Å²) in [5, 5.41) is 3.52. The van der Waals surface area contributed by atoms with Crippen molar-refractivity contribution in [3.05, 3.63) is 49.0 Å². The highest BCUT2D eigenvalue weighted by atomic mass is 79.9. The minimum absolute atomic E-state index is 0.310. The summed E-state index contributed by atoms with van der Waals surface area (Å²) >= 11 is 8.83. The summed E-state index contributed by atoms with van der Waals surface area (Å²) < 4.78 is 2.27. The topological polar surface area (TPSA) is 12.0 Å². The van der Waals surface area contributed by atoms with E-state index in [0.29, 0.717) is 6.04 Å². The second-order valence-corrected chi connectivity index (χ2v) is 7.34. The average Bonchev–Trinajstić information content (AvgIpc) is 2.70. The Labute approximate surface area is 123 Å². The number of halogens is 2. The molecule has 0 radical (unpaired) electrons. The summed E-state index contributed by atoms with van der Waals surface area (Å²) in [6, 6.07) is 10.9. The maximum Gasteiger partial charge on any atom is 0.0702 e. The monoisotopic (exact) mass is 373 g/mol. The van der Waals surface area contributed by atoms with Crippen LogP contribution in [0.15, 0.2) is 38.6 Å². The van der Waals surface area contributed by atoms with E-state index in [4.69, 9.17) is 0 Å². The van der Waals surface area contributed by atoms with Crippen molar-refractivity contribution < 1.29 is 0 Å². The third-order valence-corrected chi connectivity index (χ3v) is 5.01. The molecule has 0 aliphatic heterocycles. The van der Waals surface area contributed by atoms with Gasteiger partial charge in [0.2, 0.25) is 0 Å². The van der Waals surface area contributed by atoms with Crippen molar-refractivity contribution >= 4 is 48.9 Å². The van der Waals surface area contributed by atoms with Crippen molar-refractivity contribution in [2.75, 3.05) is 5.32 Å². The maximum atomic E-state index is 3.57. The lowest BCUT2D eigenvalue weighted by Crippen LogP contribution is -2.05. The molecule has 0 aliphatic carbocycles. The third-order valence-electron chi connectivity index (χ3n) is 2.51. The fourth-order valence-electron chi connectivity index (χ4n) is 1.62. The summed E-state index contributed by atoms with van der Waals surface area (Å²) in [7, 11) is 0. The maximum absolute atomic E-state index is 3.57. The van der Waals surface area contributed by atoms with Crippen molar-refractivity contribution in [3.63, 3.8) is 0 Å². The number of anilines is 1. The fraction of sp³-hybridized carbons (Fsp3) is 0.231. The molecule has 4 heteroatoms. The highest BCUT2D eigenvalue weighted by molar-refractivity contribution is 9.11. The zero-order valence-electron chi connectivity index (χ0n) is 9.63. The fourth-order valence-corrected chi connectivity index (χ4v) is 3.40. The van der Waals surface area contributed by atoms with Crippen LogP contribution in [0.5, 0.6) is 0 Å². The summed E-state index contributed by atoms with van der Waals surface area (Å²) in [4.78, 5) is 1.32. The van der Waals surface area contributed by atoms with Crippen molar-refractivity contribution in [1.82, 2.24) is 0 Å². The molecular weight excluding hydrogens is 362 g/mol. The number of benzene rings is 1. The molecule has 1 heterocycles. The van der Waals surface area contributed by atoms with Gasteiger partial charge in [-0.25, -0.2) is 0 Å². The molecule has 0 spiro atoms. The molecule has 0 bridgehead atoms. The molecule has 0 fully saturated rings. The number of aryl methyl sites for hydroxylation is 1. The van der Waals surface area contributed by atoms with Gasteiger partial charge < -0.3 is 5.32 Å². The van der Waals surface area contributed by atoms with Gasteiger partial charge in [0.15, 0.2) is 0 Å². The molecule has 1 aromatic carbocycles. The lowest BCUT2D eigenvalue weighted by molar-refractivity contribution is 0.906. The predicted octanol–water partition coefficient (Wildman–Crippen LogP) is 5.75. The zero-order chi connectivity index (χ0) is 12.4. The second-order valence-electron chi connectivity index (χ2n) is 3.99. The summed E-state index contributed by atoms with van der Waals surface area (Å²) in [5.41, 5.74) is 2.40. The first-order valence-electron chi connectivity index (χ1n) is 5.34. The molecule has 17 heavy (non-hydrogen) atoms. The Morgan fingerprint density at radius 1 is 1.18 bits per heavy atom. The third kappa shape index (κ3) is 3.33. The Morgan fingerprint density at radius 2 is 1.94 bits per heavy atom. The van der Waals surface area contributed by atoms with E-state index < -0.39 is 0 Å². The Hall–Kier alpha value is -0.320. The lowest BCUT2D eigenvalue weighted by atomic mass is 10.2. The Bertz CT molecular complexity index is 522. The number of hydrogen-bond acceptors (Lipinski definition) is 2. The normalized spacial score (nSPS) is 12.5. The van der Waals surface area contributed by atoms with E-state index in [1.807, 2.05) is 0 Å². The number of hydrogen-bond donors (Lipinski definition) is 1. The molecule has 1 N–H and O–H groups in total. The van der Waals surface area contributed by atoms with E-state index in [0.717, 1.165) is 10.2 Å². The van der Waals surface area contributed by atoms with E-state index in [2.05, 4.69) is 81.4 Å². The minimum atomic E-state index is 0.310. The van der Waals surface area contributed by atoms with Gasteiger partial charge in [-0.1, -0.05) is 6.07 Å². The Morgan fingerprint density at radius 3 is 2.59 bits per heavy atom. The quantitative estimate of drug-likeness (QED) is 0.720. The molecule has 2 rings (SSSR count). The molecule has 1 aromatic heterocycles. The SMILES string of the molecule is Cc1ccc(Br)c(NC(C)c2ccc(Br)s2)c1. The van der Waals surface area contributed by atoms with Crippen molar-refractivity contribution in [1.29, 1.82) is 0 Å². The second kappa shape index (κ2) is 5.55. The van der Waals surface area contributed by atoms with Crippen LogP contribution in [0, 0.1) is 6.92 Å². The smallest absolute Gasteiger partial charge is 0.0702 e. The molecule has 0 amide bonds. The van der Waals surface area contributed by atoms with Crippen LogP contribution in [0.25, 0.3) is 0 Å². The number of nitrogens with one attached hydrogen (secondary N) is 1. The Kier molecular flexibility index (Phi) is 4.28. The zero-order valence-corrected chi connectivity index (χ0v) is 13.6. The van der Waals surface area contributed by atoms with Crippen LogP contribution < -0.4 is 5.32 Å². The first-order chi connectivity index (χ1) is 8.06. The average molecular weight is 375 g/mol. The molecule has 0 saturated heterocycles. The first kappa shape index (κ1) is 13.1. The van der Waals surface area contributed by atoms with Gasteiger partial charge in [0.1, 0.15) is 0 Å². The largest absolute Gasteiger partial charge is 0.377 e. The summed E-state index contributed by atoms with van der Waals surface area (Å²) in [6.07, 6.45) is 0. The van der Waals surface area contributed by atoms with Gasteiger partial charge in [0.25, 0.3) is 0 Å². The molecule has 90 valence electrons. The van der Waals surface area contributed by atoms with Gasteiger partial charge in [0, 0.05) is 15.0 Å². The van der Waals surface area contributed by atoms with Gasteiger partial charge in [-0.05, 0) is 75.5 Å². The van der Waals surface area contributed by atoms with Gasteiger partial charge in [-0.15, -0.1) is 11.3 Å². The van der Waals surface area contributed by atoms with Crippen LogP contribution in [0.3, 0.4) is 0 Å². The van der Waals surface area contributed by atoms with Crippen LogP contribution in [0.2, 0.25) is 0 Å². The van der Waals surface area contributed by atoms with Crippen molar-refractivity contribution in [2.45, 2.75) is 19.9 Å². The van der Waals surface area contributed by atoms with Crippen LogP contribution in [-0.4, -0.2) is 0 Å². The van der Waals surface area contributed by atoms with Gasteiger partial charge in [-0.3, -0.25) is 0 Å². The number of thiophene rings is 1. The van der Waals surface area contributed by atoms with E-state index in [1.54, 1.807) is 11.3 Å². The highest BCUT2D eigenvalue weighted by Gasteiger charge is 2.09. The predicted molar refractivity (Wildman–Crippen MR) is 82.9 cm³/mol. The van der Waals surface area contributed by atoms with Crippen LogP contribution in [0.1, 0.15) is 23.4 Å². The molecule has 2 aromatic rings. The minimum Gasteiger partial charge on any atom is -0.377 e. The van der Waals surface area contributed by atoms with Crippen LogP contribution >= 0.6 is 43.2 Å². The lowest BCUT2D eigenvalue weighted by Gasteiger charge is -2.15. The van der Waals surface area contributed by atoms with E-state index in [-0.39, 0.29) is 0 Å². The van der Waals surface area contributed by atoms with Gasteiger partial charge in [-0.2, -0.15) is 0 Å². The van der Waals surface area contributed by atoms with Crippen LogP contribution in [-0.2, 0) is 0 Å². The Balaban J connectivity index is 2.18.